The smallest absolute Gasteiger partial charge is 0.263 e. The summed E-state index contributed by atoms with van der Waals surface area (Å²) in [6.07, 6.45) is 1.19. The third kappa shape index (κ3) is 3.39. The molecule has 3 nitrogen and oxygen atoms in total. The highest BCUT2D eigenvalue weighted by molar-refractivity contribution is 6.13. The molecule has 0 spiro atoms. The van der Waals surface area contributed by atoms with Crippen LogP contribution in [0.4, 0.5) is 0 Å². The Morgan fingerprint density at radius 3 is 1.84 bits per heavy atom. The lowest BCUT2D eigenvalue weighted by molar-refractivity contribution is -0.116. The van der Waals surface area contributed by atoms with Crippen molar-refractivity contribution in [3.8, 4) is 0 Å². The summed E-state index contributed by atoms with van der Waals surface area (Å²) in [5.41, 5.74) is 5.06. The van der Waals surface area contributed by atoms with Crippen LogP contribution in [0.25, 0.3) is 0 Å². The normalized spacial score (nSPS) is 9.47. The van der Waals surface area contributed by atoms with Crippen molar-refractivity contribution in [1.29, 1.82) is 0 Å². The minimum atomic E-state index is -0.329. The van der Waals surface area contributed by atoms with Gasteiger partial charge in [-0.15, -0.1) is 0 Å². The van der Waals surface area contributed by atoms with Gasteiger partial charge in [0, 0.05) is 11.1 Å². The minimum absolute atomic E-state index is 0.329. The van der Waals surface area contributed by atoms with Crippen LogP contribution in [0.15, 0.2) is 78.4 Å². The first kappa shape index (κ1) is 12.8. The number of carbonyl (C=O) groups is 1. The number of hydrogen-bond donors (Lipinski definition) is 1. The van der Waals surface area contributed by atoms with Gasteiger partial charge < -0.3 is 0 Å². The summed E-state index contributed by atoms with van der Waals surface area (Å²) in [5.74, 6) is -0.329. The van der Waals surface area contributed by atoms with Crippen LogP contribution in [0.2, 0.25) is 0 Å². The molecule has 0 fully saturated rings. The Hall–Kier alpha value is -2.68. The van der Waals surface area contributed by atoms with Crippen LogP contribution in [0.3, 0.4) is 0 Å². The zero-order chi connectivity index (χ0) is 13.5. The van der Waals surface area contributed by atoms with Gasteiger partial charge in [0.15, 0.2) is 0 Å². The minimum Gasteiger partial charge on any atom is -0.268 e. The Kier molecular flexibility index (Phi) is 4.24. The lowest BCUT2D eigenvalue weighted by Gasteiger charge is -2.07. The lowest BCUT2D eigenvalue weighted by Crippen LogP contribution is -2.18. The Balaban J connectivity index is 2.40. The molecule has 0 aliphatic rings. The fraction of sp³-hybridized carbons (Fsp3) is 0. The highest BCUT2D eigenvalue weighted by Gasteiger charge is 2.06. The molecular weight excluding hydrogens is 236 g/mol. The predicted molar refractivity (Wildman–Crippen MR) is 76.9 cm³/mol. The van der Waals surface area contributed by atoms with Gasteiger partial charge in [-0.05, 0) is 6.08 Å². The van der Waals surface area contributed by atoms with E-state index in [1.54, 1.807) is 0 Å². The first-order chi connectivity index (χ1) is 9.31. The Morgan fingerprint density at radius 1 is 0.947 bits per heavy atom. The first-order valence-electron chi connectivity index (χ1n) is 5.92. The Labute approximate surface area is 112 Å². The number of hydrogen-bond acceptors (Lipinski definition) is 2. The molecule has 94 valence electrons. The Morgan fingerprint density at radius 2 is 1.42 bits per heavy atom. The summed E-state index contributed by atoms with van der Waals surface area (Å²) in [6.45, 7) is 3.40. The number of amides is 1. The molecule has 2 rings (SSSR count). The molecule has 0 atom stereocenters. The molecule has 0 radical (unpaired) electrons. The second-order valence-electron chi connectivity index (χ2n) is 3.87. The molecule has 0 heterocycles. The first-order valence-corrected chi connectivity index (χ1v) is 5.92. The maximum atomic E-state index is 11.2. The maximum absolute atomic E-state index is 11.2. The molecule has 0 aliphatic carbocycles. The van der Waals surface area contributed by atoms with E-state index in [-0.39, 0.29) is 5.91 Å². The SMILES string of the molecule is C=CC(=O)NN=C(c1ccccc1)c1ccccc1. The number of hydrazone groups is 1. The topological polar surface area (TPSA) is 41.5 Å². The van der Waals surface area contributed by atoms with Gasteiger partial charge >= 0.3 is 0 Å². The van der Waals surface area contributed by atoms with E-state index in [0.717, 1.165) is 16.8 Å². The largest absolute Gasteiger partial charge is 0.268 e. The van der Waals surface area contributed by atoms with Crippen molar-refractivity contribution < 1.29 is 4.79 Å². The molecule has 0 saturated carbocycles. The third-order valence-corrected chi connectivity index (χ3v) is 2.56. The van der Waals surface area contributed by atoms with Crippen LogP contribution in [0.1, 0.15) is 11.1 Å². The number of rotatable bonds is 4. The number of benzene rings is 2. The summed E-state index contributed by atoms with van der Waals surface area (Å²) in [5, 5.41) is 4.18. The second kappa shape index (κ2) is 6.31. The van der Waals surface area contributed by atoms with E-state index >= 15 is 0 Å². The molecule has 1 N–H and O–H groups in total. The van der Waals surface area contributed by atoms with E-state index in [1.165, 1.54) is 6.08 Å². The average Bonchev–Trinajstić information content (AvgIpc) is 2.49. The van der Waals surface area contributed by atoms with Crippen LogP contribution in [0, 0.1) is 0 Å². The molecular formula is C16H14N2O. The summed E-state index contributed by atoms with van der Waals surface area (Å²) in [4.78, 5) is 11.2. The average molecular weight is 250 g/mol. The van der Waals surface area contributed by atoms with Gasteiger partial charge in [-0.2, -0.15) is 5.10 Å². The Bertz CT molecular complexity index is 547. The molecule has 0 saturated heterocycles. The third-order valence-electron chi connectivity index (χ3n) is 2.56. The highest BCUT2D eigenvalue weighted by atomic mass is 16.2. The van der Waals surface area contributed by atoms with Gasteiger partial charge in [0.1, 0.15) is 0 Å². The molecule has 3 heteroatoms. The maximum Gasteiger partial charge on any atom is 0.263 e. The van der Waals surface area contributed by atoms with Crippen LogP contribution in [0.5, 0.6) is 0 Å². The van der Waals surface area contributed by atoms with E-state index in [9.17, 15) is 4.79 Å². The number of carbonyl (C=O) groups excluding carboxylic acids is 1. The van der Waals surface area contributed by atoms with Crippen LogP contribution in [-0.4, -0.2) is 11.6 Å². The van der Waals surface area contributed by atoms with Crippen molar-refractivity contribution in [2.75, 3.05) is 0 Å². The predicted octanol–water partition coefficient (Wildman–Crippen LogP) is 2.74. The fourth-order valence-electron chi connectivity index (χ4n) is 1.64. The quantitative estimate of drug-likeness (QED) is 0.506. The van der Waals surface area contributed by atoms with Gasteiger partial charge in [0.2, 0.25) is 0 Å². The number of nitrogens with zero attached hydrogens (tertiary/aromatic N) is 1. The van der Waals surface area contributed by atoms with Gasteiger partial charge in [0.05, 0.1) is 5.71 Å². The lowest BCUT2D eigenvalue weighted by atomic mass is 10.0. The molecule has 0 aromatic heterocycles. The summed E-state index contributed by atoms with van der Waals surface area (Å²) < 4.78 is 0. The van der Waals surface area contributed by atoms with Crippen molar-refractivity contribution in [2.45, 2.75) is 0 Å². The molecule has 2 aromatic carbocycles. The molecule has 0 bridgehead atoms. The van der Waals surface area contributed by atoms with Crippen LogP contribution < -0.4 is 5.43 Å². The van der Waals surface area contributed by atoms with E-state index in [4.69, 9.17) is 0 Å². The van der Waals surface area contributed by atoms with Gasteiger partial charge in [0.25, 0.3) is 5.91 Å². The van der Waals surface area contributed by atoms with E-state index in [0.29, 0.717) is 0 Å². The zero-order valence-electron chi connectivity index (χ0n) is 10.4. The second-order valence-corrected chi connectivity index (χ2v) is 3.87. The van der Waals surface area contributed by atoms with Gasteiger partial charge in [-0.1, -0.05) is 67.2 Å². The molecule has 0 unspecified atom stereocenters. The van der Waals surface area contributed by atoms with Crippen molar-refractivity contribution in [3.63, 3.8) is 0 Å². The van der Waals surface area contributed by atoms with E-state index < -0.39 is 0 Å². The standard InChI is InChI=1S/C16H14N2O/c1-2-15(19)17-18-16(13-9-5-3-6-10-13)14-11-7-4-8-12-14/h2-12H,1H2,(H,17,19). The van der Waals surface area contributed by atoms with Crippen molar-refractivity contribution in [3.05, 3.63) is 84.4 Å². The highest BCUT2D eigenvalue weighted by Crippen LogP contribution is 2.10. The molecule has 2 aromatic rings. The van der Waals surface area contributed by atoms with E-state index in [2.05, 4.69) is 17.1 Å². The molecule has 1 amide bonds. The van der Waals surface area contributed by atoms with Gasteiger partial charge in [-0.25, -0.2) is 5.43 Å². The molecule has 0 aliphatic heterocycles. The van der Waals surface area contributed by atoms with Crippen LogP contribution in [-0.2, 0) is 4.79 Å². The summed E-state index contributed by atoms with van der Waals surface area (Å²) in [6, 6.07) is 19.4. The van der Waals surface area contributed by atoms with E-state index in [1.807, 2.05) is 60.7 Å². The fourth-order valence-corrected chi connectivity index (χ4v) is 1.64. The van der Waals surface area contributed by atoms with Crippen LogP contribution >= 0.6 is 0 Å². The number of nitrogens with one attached hydrogen (secondary N) is 1. The molecule has 19 heavy (non-hydrogen) atoms. The summed E-state index contributed by atoms with van der Waals surface area (Å²) in [7, 11) is 0. The van der Waals surface area contributed by atoms with Crippen molar-refractivity contribution in [2.24, 2.45) is 5.10 Å². The van der Waals surface area contributed by atoms with Gasteiger partial charge in [-0.3, -0.25) is 4.79 Å². The zero-order valence-corrected chi connectivity index (χ0v) is 10.4. The van der Waals surface area contributed by atoms with Crippen molar-refractivity contribution in [1.82, 2.24) is 5.43 Å². The van der Waals surface area contributed by atoms with Crippen molar-refractivity contribution >= 4 is 11.6 Å². The summed E-state index contributed by atoms with van der Waals surface area (Å²) >= 11 is 0. The monoisotopic (exact) mass is 250 g/mol.